The van der Waals surface area contributed by atoms with Crippen LogP contribution in [0.1, 0.15) is 39.0 Å². The summed E-state index contributed by atoms with van der Waals surface area (Å²) in [4.78, 5) is 2.69. The molecule has 2 heteroatoms. The molecular formula is C11H22N2. The second kappa shape index (κ2) is 4.43. The topological polar surface area (TPSA) is 15.3 Å². The van der Waals surface area contributed by atoms with Gasteiger partial charge < -0.3 is 5.32 Å². The van der Waals surface area contributed by atoms with Crippen LogP contribution >= 0.6 is 0 Å². The zero-order valence-electron chi connectivity index (χ0n) is 8.76. The summed E-state index contributed by atoms with van der Waals surface area (Å²) < 4.78 is 0. The standard InChI is InChI=1S/C11H22N2/c1-2-7-12-10-4-3-8-13(9-10)11-5-6-11/h10-12H,2-9H2,1H3. The van der Waals surface area contributed by atoms with Gasteiger partial charge >= 0.3 is 0 Å². The summed E-state index contributed by atoms with van der Waals surface area (Å²) in [7, 11) is 0. The molecule has 0 aromatic carbocycles. The third-order valence-electron chi connectivity index (χ3n) is 3.20. The van der Waals surface area contributed by atoms with Gasteiger partial charge in [0.15, 0.2) is 0 Å². The molecule has 2 aliphatic rings. The minimum Gasteiger partial charge on any atom is -0.313 e. The Morgan fingerprint density at radius 2 is 2.15 bits per heavy atom. The number of rotatable bonds is 4. The van der Waals surface area contributed by atoms with Crippen molar-refractivity contribution in [2.45, 2.75) is 51.1 Å². The fourth-order valence-electron chi connectivity index (χ4n) is 2.29. The minimum absolute atomic E-state index is 0.786. The highest BCUT2D eigenvalue weighted by atomic mass is 15.2. The van der Waals surface area contributed by atoms with E-state index in [-0.39, 0.29) is 0 Å². The maximum atomic E-state index is 3.64. The molecule has 1 saturated carbocycles. The molecule has 1 atom stereocenters. The van der Waals surface area contributed by atoms with Gasteiger partial charge in [0.05, 0.1) is 0 Å². The van der Waals surface area contributed by atoms with Crippen LogP contribution in [0.15, 0.2) is 0 Å². The SMILES string of the molecule is CCCNC1CCCN(C2CC2)C1. The van der Waals surface area contributed by atoms with Gasteiger partial charge in [0.1, 0.15) is 0 Å². The van der Waals surface area contributed by atoms with Gasteiger partial charge in [0.25, 0.3) is 0 Å². The van der Waals surface area contributed by atoms with Gasteiger partial charge in [0, 0.05) is 18.6 Å². The summed E-state index contributed by atoms with van der Waals surface area (Å²) in [6.45, 7) is 6.11. The Labute approximate surface area is 81.7 Å². The lowest BCUT2D eigenvalue weighted by Gasteiger charge is -2.33. The fraction of sp³-hybridized carbons (Fsp3) is 1.00. The van der Waals surface area contributed by atoms with Crippen LogP contribution in [0.25, 0.3) is 0 Å². The van der Waals surface area contributed by atoms with Gasteiger partial charge in [-0.3, -0.25) is 4.90 Å². The molecule has 0 radical (unpaired) electrons. The number of hydrogen-bond acceptors (Lipinski definition) is 2. The lowest BCUT2D eigenvalue weighted by atomic mass is 10.1. The van der Waals surface area contributed by atoms with E-state index in [1.54, 1.807) is 0 Å². The summed E-state index contributed by atoms with van der Waals surface area (Å²) in [5, 5.41) is 3.64. The first-order valence-corrected chi connectivity index (χ1v) is 5.87. The van der Waals surface area contributed by atoms with Gasteiger partial charge in [-0.2, -0.15) is 0 Å². The molecule has 0 aromatic heterocycles. The summed E-state index contributed by atoms with van der Waals surface area (Å²) >= 11 is 0. The van der Waals surface area contributed by atoms with Gasteiger partial charge in [-0.15, -0.1) is 0 Å². The van der Waals surface area contributed by atoms with Crippen molar-refractivity contribution in [2.75, 3.05) is 19.6 Å². The molecule has 2 nitrogen and oxygen atoms in total. The summed E-state index contributed by atoms with van der Waals surface area (Å²) in [6, 6.07) is 1.75. The molecule has 2 rings (SSSR count). The summed E-state index contributed by atoms with van der Waals surface area (Å²) in [5.74, 6) is 0. The van der Waals surface area contributed by atoms with Crippen molar-refractivity contribution in [3.05, 3.63) is 0 Å². The molecule has 1 saturated heterocycles. The predicted octanol–water partition coefficient (Wildman–Crippen LogP) is 1.61. The first-order valence-electron chi connectivity index (χ1n) is 5.87. The second-order valence-electron chi connectivity index (χ2n) is 4.52. The van der Waals surface area contributed by atoms with Crippen LogP contribution in [0.2, 0.25) is 0 Å². The zero-order chi connectivity index (χ0) is 9.10. The lowest BCUT2D eigenvalue weighted by Crippen LogP contribution is -2.46. The normalized spacial score (nSPS) is 30.7. The molecular weight excluding hydrogens is 160 g/mol. The van der Waals surface area contributed by atoms with Crippen molar-refractivity contribution in [2.24, 2.45) is 0 Å². The van der Waals surface area contributed by atoms with Crippen LogP contribution in [0, 0.1) is 0 Å². The Balaban J connectivity index is 1.71. The third-order valence-corrected chi connectivity index (χ3v) is 3.20. The van der Waals surface area contributed by atoms with E-state index < -0.39 is 0 Å². The Bertz CT molecular complexity index is 154. The molecule has 1 N–H and O–H groups in total. The van der Waals surface area contributed by atoms with Crippen molar-refractivity contribution < 1.29 is 0 Å². The van der Waals surface area contributed by atoms with E-state index in [4.69, 9.17) is 0 Å². The lowest BCUT2D eigenvalue weighted by molar-refractivity contribution is 0.182. The predicted molar refractivity (Wildman–Crippen MR) is 55.9 cm³/mol. The number of hydrogen-bond donors (Lipinski definition) is 1. The van der Waals surface area contributed by atoms with Crippen LogP contribution in [0.4, 0.5) is 0 Å². The van der Waals surface area contributed by atoms with Gasteiger partial charge in [-0.1, -0.05) is 6.92 Å². The quantitative estimate of drug-likeness (QED) is 0.710. The Morgan fingerprint density at radius 1 is 1.31 bits per heavy atom. The van der Waals surface area contributed by atoms with Crippen LogP contribution in [0.5, 0.6) is 0 Å². The number of nitrogens with zero attached hydrogens (tertiary/aromatic N) is 1. The highest BCUT2D eigenvalue weighted by molar-refractivity contribution is 4.89. The average Bonchev–Trinajstić information content (AvgIpc) is 2.98. The largest absolute Gasteiger partial charge is 0.313 e. The Morgan fingerprint density at radius 3 is 2.85 bits per heavy atom. The van der Waals surface area contributed by atoms with Crippen LogP contribution in [-0.2, 0) is 0 Å². The van der Waals surface area contributed by atoms with Gasteiger partial charge in [-0.25, -0.2) is 0 Å². The Kier molecular flexibility index (Phi) is 3.23. The molecule has 76 valence electrons. The molecule has 0 bridgehead atoms. The van der Waals surface area contributed by atoms with Crippen molar-refractivity contribution in [3.8, 4) is 0 Å². The maximum absolute atomic E-state index is 3.64. The molecule has 1 unspecified atom stereocenters. The first kappa shape index (κ1) is 9.47. The van der Waals surface area contributed by atoms with Crippen LogP contribution in [-0.4, -0.2) is 36.6 Å². The molecule has 13 heavy (non-hydrogen) atoms. The van der Waals surface area contributed by atoms with E-state index >= 15 is 0 Å². The van der Waals surface area contributed by atoms with Crippen LogP contribution < -0.4 is 5.32 Å². The van der Waals surface area contributed by atoms with Crippen molar-refractivity contribution in [1.29, 1.82) is 0 Å². The van der Waals surface area contributed by atoms with E-state index in [2.05, 4.69) is 17.1 Å². The van der Waals surface area contributed by atoms with E-state index in [1.165, 1.54) is 51.7 Å². The molecule has 1 aliphatic heterocycles. The van der Waals surface area contributed by atoms with Crippen molar-refractivity contribution >= 4 is 0 Å². The smallest absolute Gasteiger partial charge is 0.0195 e. The maximum Gasteiger partial charge on any atom is 0.0195 e. The highest BCUT2D eigenvalue weighted by Crippen LogP contribution is 2.29. The van der Waals surface area contributed by atoms with E-state index in [9.17, 15) is 0 Å². The molecule has 2 fully saturated rings. The molecule has 1 heterocycles. The van der Waals surface area contributed by atoms with Crippen LogP contribution in [0.3, 0.4) is 0 Å². The van der Waals surface area contributed by atoms with Gasteiger partial charge in [-0.05, 0) is 45.2 Å². The number of likely N-dealkylation sites (tertiary alicyclic amines) is 1. The van der Waals surface area contributed by atoms with E-state index in [0.717, 1.165) is 12.1 Å². The van der Waals surface area contributed by atoms with Gasteiger partial charge in [0.2, 0.25) is 0 Å². The van der Waals surface area contributed by atoms with Crippen molar-refractivity contribution in [3.63, 3.8) is 0 Å². The molecule has 0 spiro atoms. The minimum atomic E-state index is 0.786. The van der Waals surface area contributed by atoms with E-state index in [0.29, 0.717) is 0 Å². The molecule has 0 aromatic rings. The average molecular weight is 182 g/mol. The first-order chi connectivity index (χ1) is 6.40. The Hall–Kier alpha value is -0.0800. The summed E-state index contributed by atoms with van der Waals surface area (Å²) in [5.41, 5.74) is 0. The highest BCUT2D eigenvalue weighted by Gasteiger charge is 2.32. The zero-order valence-corrected chi connectivity index (χ0v) is 8.76. The third kappa shape index (κ3) is 2.68. The fourth-order valence-corrected chi connectivity index (χ4v) is 2.29. The molecule has 1 aliphatic carbocycles. The molecule has 0 amide bonds. The second-order valence-corrected chi connectivity index (χ2v) is 4.52. The monoisotopic (exact) mass is 182 g/mol. The van der Waals surface area contributed by atoms with Crippen molar-refractivity contribution in [1.82, 2.24) is 10.2 Å². The summed E-state index contributed by atoms with van der Waals surface area (Å²) in [6.07, 6.45) is 6.97. The van der Waals surface area contributed by atoms with E-state index in [1.807, 2.05) is 0 Å². The number of nitrogens with one attached hydrogen (secondary N) is 1. The number of piperidine rings is 1.